The van der Waals surface area contributed by atoms with Crippen LogP contribution in [0.4, 0.5) is 4.79 Å². The fourth-order valence-electron chi connectivity index (χ4n) is 3.02. The quantitative estimate of drug-likeness (QED) is 0.334. The van der Waals surface area contributed by atoms with Gasteiger partial charge >= 0.3 is 6.09 Å². The van der Waals surface area contributed by atoms with Crippen LogP contribution in [0.15, 0.2) is 0 Å². The Labute approximate surface area is 159 Å². The van der Waals surface area contributed by atoms with Crippen molar-refractivity contribution in [3.05, 3.63) is 0 Å². The van der Waals surface area contributed by atoms with Crippen molar-refractivity contribution < 1.29 is 19.8 Å². The predicted molar refractivity (Wildman–Crippen MR) is 105 cm³/mol. The highest BCUT2D eigenvalue weighted by molar-refractivity contribution is 5.76. The van der Waals surface area contributed by atoms with Gasteiger partial charge in [-0.05, 0) is 13.3 Å². The summed E-state index contributed by atoms with van der Waals surface area (Å²) in [6, 6.07) is -0.346. The van der Waals surface area contributed by atoms with E-state index in [0.717, 1.165) is 17.7 Å². The second-order valence-electron chi connectivity index (χ2n) is 7.14. The SMILES string of the molecule is CCCCCCCCCCCCCC(=O)NCC(C)N(CCO)C(=O)O. The number of unbranched alkanes of at least 4 members (excludes halogenated alkanes) is 10. The molecule has 0 aliphatic heterocycles. The largest absolute Gasteiger partial charge is 0.465 e. The summed E-state index contributed by atoms with van der Waals surface area (Å²) in [7, 11) is 0. The molecule has 0 rings (SSSR count). The molecular weight excluding hydrogens is 332 g/mol. The monoisotopic (exact) mass is 372 g/mol. The molecule has 26 heavy (non-hydrogen) atoms. The molecule has 2 amide bonds. The third-order valence-electron chi connectivity index (χ3n) is 4.72. The van der Waals surface area contributed by atoms with Gasteiger partial charge in [-0.25, -0.2) is 4.79 Å². The fourth-order valence-corrected chi connectivity index (χ4v) is 3.02. The molecule has 1 unspecified atom stereocenters. The van der Waals surface area contributed by atoms with Crippen molar-refractivity contribution >= 4 is 12.0 Å². The zero-order chi connectivity index (χ0) is 19.6. The van der Waals surface area contributed by atoms with Gasteiger partial charge in [-0.3, -0.25) is 4.79 Å². The van der Waals surface area contributed by atoms with Crippen molar-refractivity contribution in [1.29, 1.82) is 0 Å². The molecule has 0 aromatic rings. The van der Waals surface area contributed by atoms with Crippen LogP contribution in [0.25, 0.3) is 0 Å². The van der Waals surface area contributed by atoms with E-state index in [1.165, 1.54) is 57.8 Å². The van der Waals surface area contributed by atoms with Gasteiger partial charge in [0.1, 0.15) is 0 Å². The number of amides is 2. The van der Waals surface area contributed by atoms with Crippen LogP contribution in [0.1, 0.15) is 90.9 Å². The van der Waals surface area contributed by atoms with Gasteiger partial charge in [-0.15, -0.1) is 0 Å². The number of hydrogen-bond acceptors (Lipinski definition) is 3. The lowest BCUT2D eigenvalue weighted by atomic mass is 10.1. The first-order chi connectivity index (χ1) is 12.5. The maximum Gasteiger partial charge on any atom is 0.407 e. The third-order valence-corrected chi connectivity index (χ3v) is 4.72. The number of rotatable bonds is 17. The number of carbonyl (C=O) groups is 2. The Kier molecular flexibility index (Phi) is 16.3. The Morgan fingerprint density at radius 1 is 0.923 bits per heavy atom. The maximum absolute atomic E-state index is 11.8. The van der Waals surface area contributed by atoms with E-state index in [0.29, 0.717) is 6.42 Å². The van der Waals surface area contributed by atoms with Crippen molar-refractivity contribution in [1.82, 2.24) is 10.2 Å². The molecule has 0 aliphatic rings. The van der Waals surface area contributed by atoms with Crippen LogP contribution < -0.4 is 5.32 Å². The normalized spacial score (nSPS) is 12.0. The highest BCUT2D eigenvalue weighted by atomic mass is 16.4. The zero-order valence-corrected chi connectivity index (χ0v) is 16.8. The Balaban J connectivity index is 3.55. The second kappa shape index (κ2) is 17.1. The van der Waals surface area contributed by atoms with Crippen molar-refractivity contribution in [3.8, 4) is 0 Å². The summed E-state index contributed by atoms with van der Waals surface area (Å²) >= 11 is 0. The van der Waals surface area contributed by atoms with Crippen LogP contribution in [0.5, 0.6) is 0 Å². The molecule has 0 spiro atoms. The number of aliphatic hydroxyl groups excluding tert-OH is 1. The van der Waals surface area contributed by atoms with Gasteiger partial charge in [0.15, 0.2) is 0 Å². The Morgan fingerprint density at radius 2 is 1.42 bits per heavy atom. The minimum atomic E-state index is -1.08. The molecule has 0 radical (unpaired) electrons. The lowest BCUT2D eigenvalue weighted by molar-refractivity contribution is -0.121. The average Bonchev–Trinajstić information content (AvgIpc) is 2.61. The molecule has 3 N–H and O–H groups in total. The second-order valence-corrected chi connectivity index (χ2v) is 7.14. The van der Waals surface area contributed by atoms with E-state index in [4.69, 9.17) is 10.2 Å². The molecule has 0 aromatic carbocycles. The average molecular weight is 373 g/mol. The molecule has 0 aromatic heterocycles. The fraction of sp³-hybridized carbons (Fsp3) is 0.900. The van der Waals surface area contributed by atoms with E-state index >= 15 is 0 Å². The highest BCUT2D eigenvalue weighted by Crippen LogP contribution is 2.11. The van der Waals surface area contributed by atoms with Crippen molar-refractivity contribution in [3.63, 3.8) is 0 Å². The van der Waals surface area contributed by atoms with Crippen LogP contribution in [0.3, 0.4) is 0 Å². The minimum Gasteiger partial charge on any atom is -0.465 e. The standard InChI is InChI=1S/C20H40N2O4/c1-3-4-5-6-7-8-9-10-11-12-13-14-19(24)21-17-18(2)22(15-16-23)20(25)26/h18,23H,3-17H2,1-2H3,(H,21,24)(H,25,26). The summed E-state index contributed by atoms with van der Waals surface area (Å²) < 4.78 is 0. The summed E-state index contributed by atoms with van der Waals surface area (Å²) in [5, 5.41) is 20.7. The van der Waals surface area contributed by atoms with Gasteiger partial charge in [0.05, 0.1) is 6.61 Å². The van der Waals surface area contributed by atoms with Gasteiger partial charge in [0.2, 0.25) is 5.91 Å². The summed E-state index contributed by atoms with van der Waals surface area (Å²) in [5.41, 5.74) is 0. The summed E-state index contributed by atoms with van der Waals surface area (Å²) in [6.45, 7) is 4.09. The summed E-state index contributed by atoms with van der Waals surface area (Å²) in [5.74, 6) is -0.0258. The predicted octanol–water partition coefficient (Wildman–Crippen LogP) is 4.16. The highest BCUT2D eigenvalue weighted by Gasteiger charge is 2.18. The number of nitrogens with one attached hydrogen (secondary N) is 1. The molecule has 0 saturated carbocycles. The van der Waals surface area contributed by atoms with E-state index in [2.05, 4.69) is 12.2 Å². The minimum absolute atomic E-state index is 0.0258. The number of aliphatic hydroxyl groups is 1. The van der Waals surface area contributed by atoms with Crippen molar-refractivity contribution in [2.45, 2.75) is 96.9 Å². The molecule has 1 atom stereocenters. The van der Waals surface area contributed by atoms with Gasteiger partial charge < -0.3 is 20.4 Å². The molecule has 6 heteroatoms. The first-order valence-corrected chi connectivity index (χ1v) is 10.4. The molecule has 0 bridgehead atoms. The molecule has 0 saturated heterocycles. The van der Waals surface area contributed by atoms with Crippen LogP contribution in [0.2, 0.25) is 0 Å². The van der Waals surface area contributed by atoms with E-state index in [1.54, 1.807) is 6.92 Å². The molecule has 6 nitrogen and oxygen atoms in total. The van der Waals surface area contributed by atoms with Gasteiger partial charge in [-0.2, -0.15) is 0 Å². The molecule has 0 aliphatic carbocycles. The van der Waals surface area contributed by atoms with Crippen LogP contribution in [0, 0.1) is 0 Å². The van der Waals surface area contributed by atoms with Crippen molar-refractivity contribution in [2.24, 2.45) is 0 Å². The lowest BCUT2D eigenvalue weighted by Crippen LogP contribution is -2.45. The van der Waals surface area contributed by atoms with Gasteiger partial charge in [-0.1, -0.05) is 71.1 Å². The lowest BCUT2D eigenvalue weighted by Gasteiger charge is -2.25. The smallest absolute Gasteiger partial charge is 0.407 e. The van der Waals surface area contributed by atoms with Crippen LogP contribution >= 0.6 is 0 Å². The topological polar surface area (TPSA) is 89.9 Å². The van der Waals surface area contributed by atoms with E-state index in [9.17, 15) is 9.59 Å². The number of nitrogens with zero attached hydrogens (tertiary/aromatic N) is 1. The van der Waals surface area contributed by atoms with Crippen LogP contribution in [-0.4, -0.2) is 52.9 Å². The van der Waals surface area contributed by atoms with Crippen molar-refractivity contribution in [2.75, 3.05) is 19.7 Å². The Morgan fingerprint density at radius 3 is 1.88 bits per heavy atom. The van der Waals surface area contributed by atoms with Crippen LogP contribution in [-0.2, 0) is 4.79 Å². The van der Waals surface area contributed by atoms with E-state index in [-0.39, 0.29) is 31.6 Å². The first-order valence-electron chi connectivity index (χ1n) is 10.4. The van der Waals surface area contributed by atoms with Gasteiger partial charge in [0.25, 0.3) is 0 Å². The van der Waals surface area contributed by atoms with E-state index < -0.39 is 6.09 Å². The number of carboxylic acid groups (broad SMARTS) is 1. The molecule has 154 valence electrons. The first kappa shape index (κ1) is 24.7. The molecule has 0 heterocycles. The number of hydrogen-bond donors (Lipinski definition) is 3. The Bertz CT molecular complexity index is 364. The summed E-state index contributed by atoms with van der Waals surface area (Å²) in [4.78, 5) is 24.0. The van der Waals surface area contributed by atoms with E-state index in [1.807, 2.05) is 0 Å². The maximum atomic E-state index is 11.8. The van der Waals surface area contributed by atoms with Gasteiger partial charge in [0, 0.05) is 25.6 Å². The third kappa shape index (κ3) is 13.9. The number of carbonyl (C=O) groups excluding carboxylic acids is 1. The zero-order valence-electron chi connectivity index (χ0n) is 16.8. The molecular formula is C20H40N2O4. The molecule has 0 fully saturated rings. The summed E-state index contributed by atoms with van der Waals surface area (Å²) in [6.07, 6.45) is 13.2. The Hall–Kier alpha value is -1.30.